The number of fused-ring (bicyclic) bond motifs is 3. The minimum absolute atomic E-state index is 0.167. The summed E-state index contributed by atoms with van der Waals surface area (Å²) in [4.78, 5) is 0. The molecule has 166 valence electrons. The summed E-state index contributed by atoms with van der Waals surface area (Å²) < 4.78 is 48.0. The number of hydrogen-bond acceptors (Lipinski definition) is 1. The predicted molar refractivity (Wildman–Crippen MR) is 147 cm³/mol. The molecule has 6 aromatic carbocycles. The molecule has 1 aliphatic heterocycles. The standard InChI is InChI=1S/C34H24O/c1-3-11-23(12-4-1)31-22-26(21-25-19-20-35-34(25)31)33-29-17-9-7-15-27(29)32(24-13-5-2-6-14-24)28-16-8-10-18-30(28)33/h1-18,21-22H,19-20H2/i1D,3D,4D,11D,12D. The zero-order valence-corrected chi connectivity index (χ0v) is 19.0. The van der Waals surface area contributed by atoms with Gasteiger partial charge in [-0.1, -0.05) is 109 Å². The summed E-state index contributed by atoms with van der Waals surface area (Å²) in [5.74, 6) is 0.594. The van der Waals surface area contributed by atoms with Crippen LogP contribution in [0.2, 0.25) is 0 Å². The molecule has 7 rings (SSSR count). The molecule has 1 aliphatic rings. The highest BCUT2D eigenvalue weighted by atomic mass is 16.5. The maximum atomic E-state index is 8.67. The molecule has 0 aromatic heterocycles. The Kier molecular flexibility index (Phi) is 3.61. The summed E-state index contributed by atoms with van der Waals surface area (Å²) in [7, 11) is 0. The van der Waals surface area contributed by atoms with Gasteiger partial charge in [0.2, 0.25) is 0 Å². The third kappa shape index (κ3) is 3.24. The molecule has 6 aromatic rings. The van der Waals surface area contributed by atoms with Crippen LogP contribution in [-0.2, 0) is 6.42 Å². The Morgan fingerprint density at radius 3 is 1.77 bits per heavy atom. The largest absolute Gasteiger partial charge is 0.492 e. The number of benzene rings is 6. The molecule has 0 aliphatic carbocycles. The van der Waals surface area contributed by atoms with Crippen molar-refractivity contribution in [3.05, 3.63) is 127 Å². The van der Waals surface area contributed by atoms with Gasteiger partial charge < -0.3 is 4.74 Å². The molecule has 0 bridgehead atoms. The Morgan fingerprint density at radius 2 is 1.14 bits per heavy atom. The van der Waals surface area contributed by atoms with Crippen molar-refractivity contribution in [2.24, 2.45) is 0 Å². The topological polar surface area (TPSA) is 9.23 Å². The lowest BCUT2D eigenvalue weighted by atomic mass is 9.84. The van der Waals surface area contributed by atoms with Crippen LogP contribution >= 0.6 is 0 Å². The zero-order chi connectivity index (χ0) is 27.5. The molecule has 1 heterocycles. The minimum Gasteiger partial charge on any atom is -0.492 e. The van der Waals surface area contributed by atoms with Gasteiger partial charge >= 0.3 is 0 Å². The van der Waals surface area contributed by atoms with E-state index in [0.29, 0.717) is 24.3 Å². The quantitative estimate of drug-likeness (QED) is 0.243. The highest BCUT2D eigenvalue weighted by molar-refractivity contribution is 6.21. The predicted octanol–water partition coefficient (Wildman–Crippen LogP) is 8.93. The van der Waals surface area contributed by atoms with Crippen LogP contribution in [0.15, 0.2) is 121 Å². The summed E-state index contributed by atoms with van der Waals surface area (Å²) in [6, 6.07) is 29.7. The smallest absolute Gasteiger partial charge is 0.130 e. The van der Waals surface area contributed by atoms with E-state index in [1.54, 1.807) is 0 Å². The van der Waals surface area contributed by atoms with Crippen LogP contribution in [0.5, 0.6) is 5.75 Å². The molecule has 0 saturated carbocycles. The minimum atomic E-state index is -0.402. The molecule has 1 heteroatoms. The van der Waals surface area contributed by atoms with Gasteiger partial charge in [0.1, 0.15) is 5.75 Å². The second-order valence-electron chi connectivity index (χ2n) is 8.82. The van der Waals surface area contributed by atoms with Gasteiger partial charge in [0.25, 0.3) is 0 Å². The summed E-state index contributed by atoms with van der Waals surface area (Å²) in [6.45, 7) is 0.485. The Bertz CT molecular complexity index is 1900. The van der Waals surface area contributed by atoms with Crippen LogP contribution in [0.25, 0.3) is 54.9 Å². The van der Waals surface area contributed by atoms with Gasteiger partial charge in [-0.15, -0.1) is 0 Å². The SMILES string of the molecule is [2H]c1c([2H])c([2H])c(-c2cc(-c3c4ccccc4c(-c4ccccc4)c4ccccc34)cc3c2OCC3)c([2H])c1[2H]. The first-order valence-electron chi connectivity index (χ1n) is 14.3. The van der Waals surface area contributed by atoms with Crippen LogP contribution in [0.1, 0.15) is 12.4 Å². The molecule has 0 unspecified atom stereocenters. The van der Waals surface area contributed by atoms with Crippen LogP contribution in [0.4, 0.5) is 0 Å². The molecule has 0 N–H and O–H groups in total. The van der Waals surface area contributed by atoms with Gasteiger partial charge in [-0.3, -0.25) is 0 Å². The number of hydrogen-bond donors (Lipinski definition) is 0. The maximum absolute atomic E-state index is 8.67. The second kappa shape index (κ2) is 8.14. The molecule has 0 saturated heterocycles. The molecule has 0 spiro atoms. The first-order chi connectivity index (χ1) is 19.5. The van der Waals surface area contributed by atoms with E-state index in [0.717, 1.165) is 43.8 Å². The van der Waals surface area contributed by atoms with Gasteiger partial charge in [-0.05, 0) is 67.1 Å². The molecule has 0 fully saturated rings. The average molecular weight is 454 g/mol. The molecule has 35 heavy (non-hydrogen) atoms. The van der Waals surface area contributed by atoms with Gasteiger partial charge in [-0.2, -0.15) is 0 Å². The van der Waals surface area contributed by atoms with Crippen LogP contribution in [0, 0.1) is 0 Å². The third-order valence-electron chi connectivity index (χ3n) is 6.84. The van der Waals surface area contributed by atoms with Gasteiger partial charge in [-0.25, -0.2) is 0 Å². The second-order valence-corrected chi connectivity index (χ2v) is 8.82. The molecule has 0 radical (unpaired) electrons. The summed E-state index contributed by atoms with van der Waals surface area (Å²) >= 11 is 0. The van der Waals surface area contributed by atoms with Gasteiger partial charge in [0.15, 0.2) is 0 Å². The highest BCUT2D eigenvalue weighted by Gasteiger charge is 2.22. The first-order valence-corrected chi connectivity index (χ1v) is 11.8. The van der Waals surface area contributed by atoms with E-state index in [9.17, 15) is 0 Å². The van der Waals surface area contributed by atoms with E-state index >= 15 is 0 Å². The Morgan fingerprint density at radius 1 is 0.571 bits per heavy atom. The van der Waals surface area contributed by atoms with Crippen molar-refractivity contribution in [1.29, 1.82) is 0 Å². The van der Waals surface area contributed by atoms with E-state index in [2.05, 4.69) is 66.7 Å². The van der Waals surface area contributed by atoms with Gasteiger partial charge in [0, 0.05) is 12.0 Å². The van der Waals surface area contributed by atoms with Crippen molar-refractivity contribution in [2.45, 2.75) is 6.42 Å². The molecular weight excluding hydrogens is 424 g/mol. The lowest BCUT2D eigenvalue weighted by molar-refractivity contribution is 0.358. The molecular formula is C34H24O. The van der Waals surface area contributed by atoms with Crippen molar-refractivity contribution in [3.8, 4) is 39.1 Å². The average Bonchev–Trinajstić information content (AvgIpc) is 3.47. The Hall–Kier alpha value is -4.36. The maximum Gasteiger partial charge on any atom is 0.130 e. The fourth-order valence-corrected chi connectivity index (χ4v) is 5.38. The summed E-state index contributed by atoms with van der Waals surface area (Å²) in [5, 5.41) is 4.43. The summed E-state index contributed by atoms with van der Waals surface area (Å²) in [6.07, 6.45) is 0.687. The van der Waals surface area contributed by atoms with Gasteiger partial charge in [0.05, 0.1) is 13.5 Å². The van der Waals surface area contributed by atoms with E-state index in [1.165, 1.54) is 5.56 Å². The van der Waals surface area contributed by atoms with E-state index < -0.39 is 6.04 Å². The first kappa shape index (κ1) is 15.5. The highest BCUT2D eigenvalue weighted by Crippen LogP contribution is 2.46. The van der Waals surface area contributed by atoms with E-state index in [-0.39, 0.29) is 29.7 Å². The number of ether oxygens (including phenoxy) is 1. The van der Waals surface area contributed by atoms with Crippen molar-refractivity contribution in [2.75, 3.05) is 6.61 Å². The van der Waals surface area contributed by atoms with Crippen molar-refractivity contribution < 1.29 is 11.6 Å². The van der Waals surface area contributed by atoms with Crippen molar-refractivity contribution >= 4 is 21.5 Å². The Labute approximate surface area is 212 Å². The molecule has 0 amide bonds. The fourth-order valence-electron chi connectivity index (χ4n) is 5.38. The summed E-state index contributed by atoms with van der Waals surface area (Å²) in [5.41, 5.74) is 5.96. The molecule has 0 atom stereocenters. The molecule has 1 nitrogen and oxygen atoms in total. The monoisotopic (exact) mass is 453 g/mol. The zero-order valence-electron chi connectivity index (χ0n) is 24.0. The van der Waals surface area contributed by atoms with E-state index in [4.69, 9.17) is 11.6 Å². The van der Waals surface area contributed by atoms with E-state index in [1.807, 2.05) is 24.3 Å². The Balaban J connectivity index is 1.61. The number of rotatable bonds is 3. The normalized spacial score (nSPS) is 14.6. The lowest BCUT2D eigenvalue weighted by Gasteiger charge is -2.19. The lowest BCUT2D eigenvalue weighted by Crippen LogP contribution is -1.93. The van der Waals surface area contributed by atoms with Crippen LogP contribution in [0.3, 0.4) is 0 Å². The van der Waals surface area contributed by atoms with Crippen molar-refractivity contribution in [3.63, 3.8) is 0 Å². The van der Waals surface area contributed by atoms with Crippen LogP contribution < -0.4 is 4.74 Å². The van der Waals surface area contributed by atoms with Crippen molar-refractivity contribution in [1.82, 2.24) is 0 Å². The fraction of sp³-hybridized carbons (Fsp3) is 0.0588. The third-order valence-corrected chi connectivity index (χ3v) is 6.84. The van der Waals surface area contributed by atoms with Crippen LogP contribution in [-0.4, -0.2) is 6.61 Å².